The van der Waals surface area contributed by atoms with Crippen LogP contribution >= 0.6 is 11.6 Å². The fraction of sp³-hybridized carbons (Fsp3) is 0.250. The van der Waals surface area contributed by atoms with Crippen LogP contribution in [0.3, 0.4) is 0 Å². The van der Waals surface area contributed by atoms with E-state index in [-0.39, 0.29) is 29.0 Å². The Balaban J connectivity index is 1.97. The van der Waals surface area contributed by atoms with E-state index >= 15 is 0 Å². The Morgan fingerprint density at radius 1 is 1.35 bits per heavy atom. The molecule has 0 bridgehead atoms. The van der Waals surface area contributed by atoms with Crippen LogP contribution in [-0.2, 0) is 11.2 Å². The number of hydrogen-bond donors (Lipinski definition) is 1. The predicted molar refractivity (Wildman–Crippen MR) is 84.8 cm³/mol. The summed E-state index contributed by atoms with van der Waals surface area (Å²) in [6.45, 7) is 0.670. The molecule has 23 heavy (non-hydrogen) atoms. The number of amides is 1. The van der Waals surface area contributed by atoms with E-state index in [2.05, 4.69) is 4.98 Å². The van der Waals surface area contributed by atoms with Crippen molar-refractivity contribution in [2.45, 2.75) is 6.42 Å². The second-order valence-corrected chi connectivity index (χ2v) is 5.44. The summed E-state index contributed by atoms with van der Waals surface area (Å²) in [5.74, 6) is -0.467. The Labute approximate surface area is 136 Å². The van der Waals surface area contributed by atoms with Gasteiger partial charge in [-0.25, -0.2) is 4.39 Å². The van der Waals surface area contributed by atoms with Crippen molar-refractivity contribution in [3.05, 3.63) is 57.6 Å². The first-order valence-electron chi connectivity index (χ1n) is 7.08. The van der Waals surface area contributed by atoms with E-state index in [0.29, 0.717) is 30.8 Å². The quantitative estimate of drug-likeness (QED) is 0.873. The summed E-state index contributed by atoms with van der Waals surface area (Å²) in [5, 5.41) is 0. The second kappa shape index (κ2) is 6.42. The Bertz CT molecular complexity index is 789. The molecular formula is C16H14ClFN2O3. The molecule has 0 saturated carbocycles. The number of nitrogens with one attached hydrogen (secondary N) is 1. The monoisotopic (exact) mass is 336 g/mol. The topological polar surface area (TPSA) is 62.4 Å². The maximum atomic E-state index is 13.0. The highest BCUT2D eigenvalue weighted by molar-refractivity contribution is 6.29. The number of carbonyl (C=O) groups excluding carboxylic acids is 1. The van der Waals surface area contributed by atoms with Crippen LogP contribution in [0.15, 0.2) is 35.1 Å². The summed E-state index contributed by atoms with van der Waals surface area (Å²) in [4.78, 5) is 28.2. The van der Waals surface area contributed by atoms with Crippen molar-refractivity contribution in [3.8, 4) is 5.88 Å². The van der Waals surface area contributed by atoms with Crippen LogP contribution in [0.1, 0.15) is 11.1 Å². The Kier molecular flexibility index (Phi) is 4.34. The second-order valence-electron chi connectivity index (χ2n) is 5.17. The molecule has 120 valence electrons. The summed E-state index contributed by atoms with van der Waals surface area (Å²) in [6.07, 6.45) is 0.325. The van der Waals surface area contributed by atoms with Crippen LogP contribution in [0.4, 0.5) is 10.1 Å². The minimum absolute atomic E-state index is 0.147. The molecule has 1 aromatic carbocycles. The number of aromatic nitrogens is 1. The van der Waals surface area contributed by atoms with E-state index in [1.165, 1.54) is 17.0 Å². The Morgan fingerprint density at radius 3 is 2.78 bits per heavy atom. The van der Waals surface area contributed by atoms with Crippen LogP contribution in [0, 0.1) is 5.82 Å². The molecule has 0 saturated heterocycles. The van der Waals surface area contributed by atoms with Crippen molar-refractivity contribution in [3.63, 3.8) is 0 Å². The molecule has 1 N–H and O–H groups in total. The molecule has 0 fully saturated rings. The number of hydrogen-bond acceptors (Lipinski definition) is 3. The molecule has 0 unspecified atom stereocenters. The first-order valence-corrected chi connectivity index (χ1v) is 7.61. The minimum Gasteiger partial charge on any atom is -0.476 e. The number of rotatable bonds is 3. The van der Waals surface area contributed by atoms with Gasteiger partial charge in [-0.3, -0.25) is 14.6 Å². The average Bonchev–Trinajstić information content (AvgIpc) is 2.56. The maximum Gasteiger partial charge on any atom is 0.254 e. The average molecular weight is 337 g/mol. The molecule has 3 rings (SSSR count). The number of ether oxygens (including phenoxy) is 1. The molecule has 5 nitrogen and oxygen atoms in total. The lowest BCUT2D eigenvalue weighted by molar-refractivity contribution is -0.116. The highest BCUT2D eigenvalue weighted by Gasteiger charge is 2.25. The minimum atomic E-state index is -0.333. The van der Waals surface area contributed by atoms with Gasteiger partial charge in [-0.15, -0.1) is 11.6 Å². The molecule has 1 aliphatic rings. The predicted octanol–water partition coefficient (Wildman–Crippen LogP) is 2.07. The molecule has 7 heteroatoms. The van der Waals surface area contributed by atoms with Gasteiger partial charge in [-0.2, -0.15) is 0 Å². The zero-order chi connectivity index (χ0) is 16.4. The Hall–Kier alpha value is -2.34. The van der Waals surface area contributed by atoms with Crippen molar-refractivity contribution >= 4 is 23.2 Å². The summed E-state index contributed by atoms with van der Waals surface area (Å²) in [5.41, 5.74) is 1.46. The van der Waals surface area contributed by atoms with Gasteiger partial charge in [0.15, 0.2) is 0 Å². The van der Waals surface area contributed by atoms with Crippen molar-refractivity contribution in [1.82, 2.24) is 4.98 Å². The number of fused-ring (bicyclic) bond motifs is 1. The number of anilines is 1. The molecule has 0 radical (unpaired) electrons. The van der Waals surface area contributed by atoms with Crippen molar-refractivity contribution < 1.29 is 13.9 Å². The molecule has 0 spiro atoms. The number of carbonyl (C=O) groups is 1. The van der Waals surface area contributed by atoms with E-state index in [1.54, 1.807) is 18.2 Å². The van der Waals surface area contributed by atoms with E-state index in [1.807, 2.05) is 0 Å². The summed E-state index contributed by atoms with van der Waals surface area (Å²) >= 11 is 5.63. The first-order chi connectivity index (χ1) is 11.1. The summed E-state index contributed by atoms with van der Waals surface area (Å²) in [7, 11) is 0. The van der Waals surface area contributed by atoms with Crippen LogP contribution < -0.4 is 15.2 Å². The standard InChI is InChI=1S/C16H14ClFN2O3/c17-9-14(21)20-5-6-23-16-13(20)8-11(15(22)19-16)7-10-1-3-12(18)4-2-10/h1-4,8H,5-7,9H2,(H,19,22). The summed E-state index contributed by atoms with van der Waals surface area (Å²) < 4.78 is 18.4. The van der Waals surface area contributed by atoms with E-state index in [0.717, 1.165) is 5.56 Å². The molecule has 2 aromatic rings. The lowest BCUT2D eigenvalue weighted by atomic mass is 10.1. The van der Waals surface area contributed by atoms with E-state index in [9.17, 15) is 14.0 Å². The maximum absolute atomic E-state index is 13.0. The van der Waals surface area contributed by atoms with Crippen molar-refractivity contribution in [2.24, 2.45) is 0 Å². The molecule has 0 aliphatic carbocycles. The number of H-pyrrole nitrogens is 1. The third-order valence-corrected chi connectivity index (χ3v) is 3.87. The van der Waals surface area contributed by atoms with Crippen LogP contribution in [0.5, 0.6) is 5.88 Å². The van der Waals surface area contributed by atoms with Crippen LogP contribution in [-0.4, -0.2) is 29.9 Å². The number of nitrogens with zero attached hydrogens (tertiary/aromatic N) is 1. The van der Waals surface area contributed by atoms with Crippen LogP contribution in [0.25, 0.3) is 0 Å². The number of halogens is 2. The van der Waals surface area contributed by atoms with E-state index < -0.39 is 0 Å². The lowest BCUT2D eigenvalue weighted by Gasteiger charge is -2.28. The van der Waals surface area contributed by atoms with Gasteiger partial charge in [0.2, 0.25) is 11.8 Å². The van der Waals surface area contributed by atoms with Crippen molar-refractivity contribution in [2.75, 3.05) is 23.9 Å². The number of aromatic amines is 1. The fourth-order valence-electron chi connectivity index (χ4n) is 2.50. The first kappa shape index (κ1) is 15.6. The number of alkyl halides is 1. The van der Waals surface area contributed by atoms with Gasteiger partial charge in [0.25, 0.3) is 5.56 Å². The largest absolute Gasteiger partial charge is 0.476 e. The van der Waals surface area contributed by atoms with Gasteiger partial charge in [0.05, 0.1) is 6.54 Å². The molecule has 2 heterocycles. The molecular weight excluding hydrogens is 323 g/mol. The van der Waals surface area contributed by atoms with Gasteiger partial charge in [-0.05, 0) is 23.8 Å². The number of pyridine rings is 1. The summed E-state index contributed by atoms with van der Waals surface area (Å²) in [6, 6.07) is 7.54. The molecule has 1 amide bonds. The third-order valence-electron chi connectivity index (χ3n) is 3.64. The third kappa shape index (κ3) is 3.22. The van der Waals surface area contributed by atoms with Gasteiger partial charge < -0.3 is 9.64 Å². The molecule has 1 aromatic heterocycles. The smallest absolute Gasteiger partial charge is 0.254 e. The normalized spacial score (nSPS) is 13.4. The molecule has 0 atom stereocenters. The van der Waals surface area contributed by atoms with Gasteiger partial charge in [-0.1, -0.05) is 12.1 Å². The zero-order valence-electron chi connectivity index (χ0n) is 12.1. The molecule has 1 aliphatic heterocycles. The Morgan fingerprint density at radius 2 is 2.09 bits per heavy atom. The SMILES string of the molecule is O=C(CCl)N1CCOc2[nH]c(=O)c(Cc3ccc(F)cc3)cc21. The van der Waals surface area contributed by atoms with E-state index in [4.69, 9.17) is 16.3 Å². The van der Waals surface area contributed by atoms with Gasteiger partial charge in [0, 0.05) is 12.0 Å². The highest BCUT2D eigenvalue weighted by atomic mass is 35.5. The van der Waals surface area contributed by atoms with Gasteiger partial charge in [0.1, 0.15) is 24.0 Å². The zero-order valence-corrected chi connectivity index (χ0v) is 12.9. The van der Waals surface area contributed by atoms with Crippen LogP contribution in [0.2, 0.25) is 0 Å². The fourth-order valence-corrected chi connectivity index (χ4v) is 2.64. The van der Waals surface area contributed by atoms with Gasteiger partial charge >= 0.3 is 0 Å². The van der Waals surface area contributed by atoms with Crippen molar-refractivity contribution in [1.29, 1.82) is 0 Å². The number of benzene rings is 1. The lowest BCUT2D eigenvalue weighted by Crippen LogP contribution is -2.40. The highest BCUT2D eigenvalue weighted by Crippen LogP contribution is 2.29.